The Labute approximate surface area is 122 Å². The molecule has 1 unspecified atom stereocenters. The van der Waals surface area contributed by atoms with E-state index >= 15 is 0 Å². The summed E-state index contributed by atoms with van der Waals surface area (Å²) in [5, 5.41) is 10.9. The van der Waals surface area contributed by atoms with Crippen molar-refractivity contribution in [2.75, 3.05) is 13.7 Å². The molecule has 2 aromatic carbocycles. The number of benzene rings is 2. The molecule has 106 valence electrons. The zero-order chi connectivity index (χ0) is 14.6. The third kappa shape index (κ3) is 3.18. The highest BCUT2D eigenvalue weighted by molar-refractivity contribution is 6.31. The maximum atomic E-state index is 13.5. The first-order chi connectivity index (χ1) is 9.57. The fourth-order valence-electron chi connectivity index (χ4n) is 2.22. The Kier molecular flexibility index (Phi) is 4.76. The van der Waals surface area contributed by atoms with Crippen LogP contribution in [0.25, 0.3) is 0 Å². The molecular weight excluding hydrogens is 279 g/mol. The lowest BCUT2D eigenvalue weighted by atomic mass is 9.88. The molecule has 0 aromatic heterocycles. The Bertz CT molecular complexity index is 574. The Hall–Kier alpha value is -1.42. The second kappa shape index (κ2) is 6.35. The molecule has 0 saturated carbocycles. The summed E-state index contributed by atoms with van der Waals surface area (Å²) in [7, 11) is 1.51. The average molecular weight is 295 g/mol. The summed E-state index contributed by atoms with van der Waals surface area (Å²) >= 11 is 5.96. The van der Waals surface area contributed by atoms with Gasteiger partial charge in [0, 0.05) is 13.5 Å². The van der Waals surface area contributed by atoms with Gasteiger partial charge in [0.2, 0.25) is 0 Å². The molecule has 20 heavy (non-hydrogen) atoms. The smallest absolute Gasteiger partial charge is 0.142 e. The van der Waals surface area contributed by atoms with Gasteiger partial charge in [0.1, 0.15) is 11.4 Å². The molecular formula is C16H16ClFO2. The number of methoxy groups -OCH3 is 1. The number of halogens is 2. The van der Waals surface area contributed by atoms with Gasteiger partial charge in [-0.15, -0.1) is 0 Å². The van der Waals surface area contributed by atoms with Crippen LogP contribution in [0.5, 0.6) is 0 Å². The zero-order valence-corrected chi connectivity index (χ0v) is 11.9. The van der Waals surface area contributed by atoms with E-state index in [2.05, 4.69) is 0 Å². The van der Waals surface area contributed by atoms with Crippen LogP contribution >= 0.6 is 11.6 Å². The Morgan fingerprint density at radius 3 is 2.50 bits per heavy atom. The Balaban J connectivity index is 2.37. The molecule has 0 fully saturated rings. The van der Waals surface area contributed by atoms with Crippen LogP contribution in [0.2, 0.25) is 5.02 Å². The van der Waals surface area contributed by atoms with Crippen molar-refractivity contribution in [2.45, 2.75) is 12.0 Å². The van der Waals surface area contributed by atoms with E-state index in [1.807, 2.05) is 30.3 Å². The van der Waals surface area contributed by atoms with E-state index in [1.165, 1.54) is 13.2 Å². The van der Waals surface area contributed by atoms with Gasteiger partial charge in [0.25, 0.3) is 0 Å². The molecule has 0 aliphatic rings. The van der Waals surface area contributed by atoms with E-state index < -0.39 is 11.4 Å². The molecule has 0 saturated heterocycles. The second-order valence-electron chi connectivity index (χ2n) is 4.72. The first kappa shape index (κ1) is 15.0. The molecule has 2 rings (SSSR count). The summed E-state index contributed by atoms with van der Waals surface area (Å²) in [5.41, 5.74) is 0.0187. The van der Waals surface area contributed by atoms with Crippen molar-refractivity contribution in [3.05, 3.63) is 70.5 Å². The van der Waals surface area contributed by atoms with Gasteiger partial charge in [-0.3, -0.25) is 0 Å². The molecule has 0 heterocycles. The fraction of sp³-hybridized carbons (Fsp3) is 0.250. The van der Waals surface area contributed by atoms with Crippen LogP contribution in [0, 0.1) is 5.82 Å². The summed E-state index contributed by atoms with van der Waals surface area (Å²) < 4.78 is 18.6. The second-order valence-corrected chi connectivity index (χ2v) is 5.10. The minimum Gasteiger partial charge on any atom is -0.382 e. The number of aliphatic hydroxyl groups is 1. The molecule has 0 bridgehead atoms. The standard InChI is InChI=1S/C16H16ClFO2/c1-20-11-16(19,13-7-3-2-4-8-13)10-12-6-5-9-14(18)15(12)17/h2-9,19H,10-11H2,1H3. The molecule has 0 spiro atoms. The lowest BCUT2D eigenvalue weighted by molar-refractivity contribution is -0.0355. The van der Waals surface area contributed by atoms with Crippen molar-refractivity contribution < 1.29 is 14.2 Å². The van der Waals surface area contributed by atoms with Gasteiger partial charge in [0.05, 0.1) is 11.6 Å². The predicted octanol–water partition coefficient (Wildman–Crippen LogP) is 3.56. The van der Waals surface area contributed by atoms with Crippen molar-refractivity contribution in [1.29, 1.82) is 0 Å². The van der Waals surface area contributed by atoms with Crippen molar-refractivity contribution in [2.24, 2.45) is 0 Å². The summed E-state index contributed by atoms with van der Waals surface area (Å²) in [5.74, 6) is -0.489. The van der Waals surface area contributed by atoms with Gasteiger partial charge in [-0.25, -0.2) is 4.39 Å². The minimum atomic E-state index is -1.24. The molecule has 0 aliphatic carbocycles. The molecule has 0 aliphatic heterocycles. The Morgan fingerprint density at radius 2 is 1.85 bits per heavy atom. The largest absolute Gasteiger partial charge is 0.382 e. The zero-order valence-electron chi connectivity index (χ0n) is 11.1. The van der Waals surface area contributed by atoms with Crippen molar-refractivity contribution in [3.8, 4) is 0 Å². The number of hydrogen-bond donors (Lipinski definition) is 1. The van der Waals surface area contributed by atoms with Crippen LogP contribution in [0.15, 0.2) is 48.5 Å². The lowest BCUT2D eigenvalue weighted by Gasteiger charge is -2.28. The summed E-state index contributed by atoms with van der Waals surface area (Å²) in [6.45, 7) is 0.101. The predicted molar refractivity (Wildman–Crippen MR) is 77.3 cm³/mol. The quantitative estimate of drug-likeness (QED) is 0.914. The van der Waals surface area contributed by atoms with E-state index in [9.17, 15) is 9.50 Å². The first-order valence-corrected chi connectivity index (χ1v) is 6.64. The van der Waals surface area contributed by atoms with Crippen molar-refractivity contribution in [1.82, 2.24) is 0 Å². The third-order valence-electron chi connectivity index (χ3n) is 3.21. The molecule has 1 N–H and O–H groups in total. The fourth-order valence-corrected chi connectivity index (χ4v) is 2.42. The van der Waals surface area contributed by atoms with Crippen LogP contribution in [-0.4, -0.2) is 18.8 Å². The van der Waals surface area contributed by atoms with Gasteiger partial charge in [0.15, 0.2) is 0 Å². The molecule has 4 heteroatoms. The number of ether oxygens (including phenoxy) is 1. The topological polar surface area (TPSA) is 29.5 Å². The van der Waals surface area contributed by atoms with Crippen LogP contribution in [0.1, 0.15) is 11.1 Å². The maximum Gasteiger partial charge on any atom is 0.142 e. The van der Waals surface area contributed by atoms with E-state index in [1.54, 1.807) is 12.1 Å². The maximum absolute atomic E-state index is 13.5. The highest BCUT2D eigenvalue weighted by Gasteiger charge is 2.30. The van der Waals surface area contributed by atoms with Crippen LogP contribution < -0.4 is 0 Å². The molecule has 1 atom stereocenters. The van der Waals surface area contributed by atoms with Gasteiger partial charge in [-0.2, -0.15) is 0 Å². The van der Waals surface area contributed by atoms with Crippen molar-refractivity contribution >= 4 is 11.6 Å². The van der Waals surface area contributed by atoms with Gasteiger partial charge in [-0.05, 0) is 17.2 Å². The summed E-state index contributed by atoms with van der Waals surface area (Å²) in [6.07, 6.45) is 0.182. The van der Waals surface area contributed by atoms with Crippen LogP contribution in [0.4, 0.5) is 4.39 Å². The summed E-state index contributed by atoms with van der Waals surface area (Å²) in [4.78, 5) is 0. The summed E-state index contributed by atoms with van der Waals surface area (Å²) in [6, 6.07) is 13.7. The molecule has 2 aromatic rings. The third-order valence-corrected chi connectivity index (χ3v) is 3.63. The highest BCUT2D eigenvalue weighted by atomic mass is 35.5. The SMILES string of the molecule is COCC(O)(Cc1cccc(F)c1Cl)c1ccccc1. The van der Waals surface area contributed by atoms with Gasteiger partial charge < -0.3 is 9.84 Å². The van der Waals surface area contributed by atoms with Crippen molar-refractivity contribution in [3.63, 3.8) is 0 Å². The van der Waals surface area contributed by atoms with Crippen LogP contribution in [0.3, 0.4) is 0 Å². The first-order valence-electron chi connectivity index (χ1n) is 6.26. The lowest BCUT2D eigenvalue weighted by Crippen LogP contribution is -2.34. The molecule has 0 amide bonds. The van der Waals surface area contributed by atoms with E-state index in [0.29, 0.717) is 11.1 Å². The molecule has 0 radical (unpaired) electrons. The monoisotopic (exact) mass is 294 g/mol. The van der Waals surface area contributed by atoms with Gasteiger partial charge >= 0.3 is 0 Å². The number of hydrogen-bond acceptors (Lipinski definition) is 2. The van der Waals surface area contributed by atoms with Gasteiger partial charge in [-0.1, -0.05) is 54.1 Å². The van der Waals surface area contributed by atoms with Crippen LogP contribution in [-0.2, 0) is 16.8 Å². The normalized spacial score (nSPS) is 14.0. The average Bonchev–Trinajstić information content (AvgIpc) is 2.45. The van der Waals surface area contributed by atoms with E-state index in [4.69, 9.17) is 16.3 Å². The minimum absolute atomic E-state index is 0.0398. The number of rotatable bonds is 5. The highest BCUT2D eigenvalue weighted by Crippen LogP contribution is 2.30. The van der Waals surface area contributed by atoms with E-state index in [0.717, 1.165) is 0 Å². The van der Waals surface area contributed by atoms with E-state index in [-0.39, 0.29) is 18.1 Å². The Morgan fingerprint density at radius 1 is 1.15 bits per heavy atom. The molecule has 2 nitrogen and oxygen atoms in total.